The molecule has 12 heavy (non-hydrogen) atoms. The van der Waals surface area contributed by atoms with Gasteiger partial charge in [0.05, 0.1) is 5.95 Å². The summed E-state index contributed by atoms with van der Waals surface area (Å²) < 4.78 is 15.4. The molecule has 1 unspecified atom stereocenters. The normalized spacial score (nSPS) is 13.4. The third kappa shape index (κ3) is 4.97. The fraction of sp³-hybridized carbons (Fsp3) is 0.714. The summed E-state index contributed by atoms with van der Waals surface area (Å²) in [7, 11) is -1.26. The van der Waals surface area contributed by atoms with Crippen LogP contribution in [0.3, 0.4) is 0 Å². The number of allylic oxidation sites excluding steroid dienone is 1. The van der Waals surface area contributed by atoms with Crippen LogP contribution >= 0.6 is 7.80 Å². The van der Waals surface area contributed by atoms with Gasteiger partial charge >= 0.3 is 7.80 Å². The second kappa shape index (κ2) is 5.84. The Morgan fingerprint density at radius 3 is 2.67 bits per heavy atom. The summed E-state index contributed by atoms with van der Waals surface area (Å²) in [5.74, 6) is -0.380. The average Bonchev–Trinajstić information content (AvgIpc) is 2.00. The highest BCUT2D eigenvalue weighted by Gasteiger charge is 2.03. The maximum Gasteiger partial charge on any atom is 0.356 e. The number of ether oxygens (including phenoxy) is 1. The lowest BCUT2D eigenvalue weighted by atomic mass is 10.5. The van der Waals surface area contributed by atoms with Crippen molar-refractivity contribution in [3.8, 4) is 0 Å². The van der Waals surface area contributed by atoms with Crippen LogP contribution < -0.4 is 10.4 Å². The lowest BCUT2D eigenvalue weighted by molar-refractivity contribution is -0.359. The summed E-state index contributed by atoms with van der Waals surface area (Å²) in [4.78, 5) is 0. The molecule has 0 aliphatic carbocycles. The summed E-state index contributed by atoms with van der Waals surface area (Å²) in [5.41, 5.74) is 0.405. The Balaban J connectivity index is 3.89. The summed E-state index contributed by atoms with van der Waals surface area (Å²) >= 11 is 0. The molecule has 1 N–H and O–H groups in total. The van der Waals surface area contributed by atoms with E-state index in [0.717, 1.165) is 0 Å². The van der Waals surface area contributed by atoms with Crippen molar-refractivity contribution in [2.24, 2.45) is 0 Å². The quantitative estimate of drug-likeness (QED) is 0.510. The molecule has 0 rings (SSSR count). The van der Waals surface area contributed by atoms with Crippen molar-refractivity contribution in [1.29, 1.82) is 0 Å². The van der Waals surface area contributed by atoms with Crippen LogP contribution in [0.4, 0.5) is 0 Å². The molecule has 0 aliphatic rings. The number of hydrogen-bond acceptors (Lipinski definition) is 4. The summed E-state index contributed by atoms with van der Waals surface area (Å²) in [6.07, 6.45) is 0.319. The first-order chi connectivity index (χ1) is 5.57. The van der Waals surface area contributed by atoms with Crippen LogP contribution in [0.1, 0.15) is 13.8 Å². The molecule has 0 heterocycles. The van der Waals surface area contributed by atoms with E-state index in [9.17, 15) is 9.67 Å². The largest absolute Gasteiger partial charge is 0.612 e. The van der Waals surface area contributed by atoms with Crippen molar-refractivity contribution >= 4 is 7.80 Å². The second-order valence-corrected chi connectivity index (χ2v) is 3.88. The summed E-state index contributed by atoms with van der Waals surface area (Å²) in [5, 5.41) is 13.7. The van der Waals surface area contributed by atoms with Gasteiger partial charge in [0.2, 0.25) is 6.29 Å². The first kappa shape index (κ1) is 11.2. The van der Waals surface area contributed by atoms with Crippen molar-refractivity contribution in [1.82, 2.24) is 5.32 Å². The van der Waals surface area contributed by atoms with E-state index in [1.54, 1.807) is 20.5 Å². The fourth-order valence-electron chi connectivity index (χ4n) is 0.541. The van der Waals surface area contributed by atoms with Crippen molar-refractivity contribution in [2.45, 2.75) is 13.8 Å². The molecule has 0 fully saturated rings. The molecule has 0 bridgehead atoms. The van der Waals surface area contributed by atoms with Crippen LogP contribution in [-0.2, 0) is 9.30 Å². The van der Waals surface area contributed by atoms with Crippen LogP contribution in [0, 0.1) is 0 Å². The van der Waals surface area contributed by atoms with E-state index in [1.807, 2.05) is 0 Å². The number of hydrogen-bond donors (Lipinski definition) is 1. The van der Waals surface area contributed by atoms with Gasteiger partial charge in [-0.25, -0.2) is 0 Å². The molecule has 0 aromatic heterocycles. The molecule has 0 saturated carbocycles. The zero-order valence-electron chi connectivity index (χ0n) is 7.59. The lowest BCUT2D eigenvalue weighted by Crippen LogP contribution is -2.19. The molecule has 0 aromatic rings. The zero-order chi connectivity index (χ0) is 9.56. The molecule has 4 nitrogen and oxygen atoms in total. The first-order valence-corrected chi connectivity index (χ1v) is 5.60. The van der Waals surface area contributed by atoms with Gasteiger partial charge in [-0.05, 0) is 13.5 Å². The second-order valence-electron chi connectivity index (χ2n) is 2.31. The molecule has 5 heteroatoms. The van der Waals surface area contributed by atoms with Crippen molar-refractivity contribution in [3.05, 3.63) is 11.6 Å². The van der Waals surface area contributed by atoms with E-state index in [1.165, 1.54) is 0 Å². The van der Waals surface area contributed by atoms with Gasteiger partial charge in [-0.3, -0.25) is 0 Å². The highest BCUT2D eigenvalue weighted by molar-refractivity contribution is 7.43. The van der Waals surface area contributed by atoms with Gasteiger partial charge in [0.1, 0.15) is 6.66 Å². The predicted octanol–water partition coefficient (Wildman–Crippen LogP) is 0.577. The maximum absolute atomic E-state index is 10.9. The SMILES string of the molecule is CCOC([O-])=C(C)NC[P+](C)=O. The fourth-order valence-corrected chi connectivity index (χ4v) is 1.00. The highest BCUT2D eigenvalue weighted by atomic mass is 31.1. The van der Waals surface area contributed by atoms with Crippen LogP contribution in [0.5, 0.6) is 0 Å². The molecular weight excluding hydrogens is 177 g/mol. The van der Waals surface area contributed by atoms with E-state index in [4.69, 9.17) is 4.74 Å². The van der Waals surface area contributed by atoms with Gasteiger partial charge in [0, 0.05) is 5.70 Å². The molecule has 70 valence electrons. The minimum absolute atomic E-state index is 0.319. The Hall–Kier alpha value is -0.760. The Labute approximate surface area is 73.4 Å². The summed E-state index contributed by atoms with van der Waals surface area (Å²) in [6, 6.07) is 0. The highest BCUT2D eigenvalue weighted by Crippen LogP contribution is 2.10. The predicted molar refractivity (Wildman–Crippen MR) is 45.9 cm³/mol. The minimum atomic E-state index is -1.26. The summed E-state index contributed by atoms with van der Waals surface area (Å²) in [6.45, 7) is 5.30. The maximum atomic E-state index is 10.9. The molecule has 0 spiro atoms. The van der Waals surface area contributed by atoms with Crippen LogP contribution in [-0.4, -0.2) is 19.6 Å². The Morgan fingerprint density at radius 1 is 1.67 bits per heavy atom. The van der Waals surface area contributed by atoms with Crippen LogP contribution in [0.2, 0.25) is 0 Å². The molecule has 0 amide bonds. The van der Waals surface area contributed by atoms with Gasteiger partial charge in [0.15, 0.2) is 0 Å². The van der Waals surface area contributed by atoms with Gasteiger partial charge in [-0.2, -0.15) is 0 Å². The molecule has 0 radical (unpaired) electrons. The Morgan fingerprint density at radius 2 is 2.25 bits per heavy atom. The number of rotatable bonds is 5. The van der Waals surface area contributed by atoms with Crippen LogP contribution in [0.15, 0.2) is 11.6 Å². The van der Waals surface area contributed by atoms with Crippen molar-refractivity contribution in [3.63, 3.8) is 0 Å². The average molecular weight is 191 g/mol. The van der Waals surface area contributed by atoms with Crippen molar-refractivity contribution in [2.75, 3.05) is 19.6 Å². The third-order valence-electron chi connectivity index (χ3n) is 1.15. The van der Waals surface area contributed by atoms with Gasteiger partial charge < -0.3 is 15.2 Å². The monoisotopic (exact) mass is 191 g/mol. The Kier molecular flexibility index (Phi) is 5.47. The van der Waals surface area contributed by atoms with E-state index in [-0.39, 0.29) is 5.95 Å². The molecule has 1 atom stereocenters. The minimum Gasteiger partial charge on any atom is -0.612 e. The van der Waals surface area contributed by atoms with Gasteiger partial charge in [-0.15, -0.1) is 0 Å². The van der Waals surface area contributed by atoms with E-state index in [0.29, 0.717) is 18.6 Å². The zero-order valence-corrected chi connectivity index (χ0v) is 8.48. The Bertz CT molecular complexity index is 191. The first-order valence-electron chi connectivity index (χ1n) is 3.70. The molecule has 0 aromatic carbocycles. The van der Waals surface area contributed by atoms with Crippen LogP contribution in [0.25, 0.3) is 0 Å². The molecule has 0 aliphatic heterocycles. The van der Waals surface area contributed by atoms with Gasteiger partial charge in [-0.1, -0.05) is 11.5 Å². The van der Waals surface area contributed by atoms with Crippen molar-refractivity contribution < 1.29 is 14.4 Å². The topological polar surface area (TPSA) is 61.4 Å². The standard InChI is InChI=1S/C7H14NO3P/c1-4-11-7(9)6(2)8-5-12(3)10/h8H,4-5H2,1-3H3. The number of nitrogens with one attached hydrogen (secondary N) is 1. The van der Waals surface area contributed by atoms with Gasteiger partial charge in [0.25, 0.3) is 0 Å². The van der Waals surface area contributed by atoms with E-state index < -0.39 is 7.80 Å². The lowest BCUT2D eigenvalue weighted by Gasteiger charge is -2.15. The smallest absolute Gasteiger partial charge is 0.356 e. The van der Waals surface area contributed by atoms with E-state index >= 15 is 0 Å². The third-order valence-corrected chi connectivity index (χ3v) is 1.75. The van der Waals surface area contributed by atoms with E-state index in [2.05, 4.69) is 5.32 Å². The molecule has 0 saturated heterocycles. The molecular formula is C7H14NO3P.